The van der Waals surface area contributed by atoms with E-state index in [1.807, 2.05) is 38.1 Å². The Kier molecular flexibility index (Phi) is 6.14. The van der Waals surface area contributed by atoms with Crippen LogP contribution in [0.5, 0.6) is 0 Å². The molecule has 0 bridgehead atoms. The number of amidine groups is 1. The highest BCUT2D eigenvalue weighted by atomic mass is 32.2. The summed E-state index contributed by atoms with van der Waals surface area (Å²) in [6, 6.07) is 7.60. The van der Waals surface area contributed by atoms with Crippen LogP contribution < -0.4 is 5.32 Å². The highest BCUT2D eigenvalue weighted by molar-refractivity contribution is 8.17. The number of amides is 2. The van der Waals surface area contributed by atoms with Gasteiger partial charge in [0.1, 0.15) is 24.4 Å². The highest BCUT2D eigenvalue weighted by Gasteiger charge is 2.36. The molecule has 1 atom stereocenters. The Morgan fingerprint density at radius 1 is 1.23 bits per heavy atom. The van der Waals surface area contributed by atoms with Gasteiger partial charge in [0.25, 0.3) is 5.91 Å². The van der Waals surface area contributed by atoms with Crippen LogP contribution in [-0.4, -0.2) is 49.0 Å². The van der Waals surface area contributed by atoms with E-state index in [1.165, 1.54) is 29.9 Å². The molecule has 3 heterocycles. The van der Waals surface area contributed by atoms with E-state index >= 15 is 0 Å². The topological polar surface area (TPSA) is 102 Å². The molecule has 2 aromatic rings. The number of rotatable bonds is 7. The Morgan fingerprint density at radius 2 is 2.03 bits per heavy atom. The number of allylic oxidation sites excluding steroid dienone is 1. The van der Waals surface area contributed by atoms with Crippen molar-refractivity contribution in [2.45, 2.75) is 20.4 Å². The first-order chi connectivity index (χ1) is 14.5. The van der Waals surface area contributed by atoms with Gasteiger partial charge in [0.2, 0.25) is 5.91 Å². The molecule has 0 saturated carbocycles. The molecule has 154 valence electrons. The molecular formula is C20H20N6O2S2. The van der Waals surface area contributed by atoms with E-state index < -0.39 is 0 Å². The third kappa shape index (κ3) is 4.71. The maximum absolute atomic E-state index is 12.3. The van der Waals surface area contributed by atoms with Gasteiger partial charge >= 0.3 is 0 Å². The van der Waals surface area contributed by atoms with Crippen LogP contribution in [0.15, 0.2) is 57.4 Å². The minimum Gasteiger partial charge on any atom is -0.325 e. The summed E-state index contributed by atoms with van der Waals surface area (Å²) in [5.41, 5.74) is 2.83. The van der Waals surface area contributed by atoms with Gasteiger partial charge < -0.3 is 5.32 Å². The number of anilines is 1. The number of carbonyl (C=O) groups is 2. The molecule has 1 aromatic carbocycles. The van der Waals surface area contributed by atoms with Crippen LogP contribution in [0.1, 0.15) is 19.4 Å². The monoisotopic (exact) mass is 440 g/mol. The van der Waals surface area contributed by atoms with E-state index in [9.17, 15) is 9.59 Å². The van der Waals surface area contributed by atoms with Crippen molar-refractivity contribution in [2.75, 3.05) is 16.8 Å². The molecule has 30 heavy (non-hydrogen) atoms. The van der Waals surface area contributed by atoms with Crippen LogP contribution in [-0.2, 0) is 16.1 Å². The summed E-state index contributed by atoms with van der Waals surface area (Å²) in [6.07, 6.45) is 3.16. The van der Waals surface area contributed by atoms with Gasteiger partial charge in [0.05, 0.1) is 23.1 Å². The van der Waals surface area contributed by atoms with Crippen molar-refractivity contribution in [3.05, 3.63) is 53.0 Å². The lowest BCUT2D eigenvalue weighted by molar-refractivity contribution is -0.118. The Balaban J connectivity index is 1.24. The van der Waals surface area contributed by atoms with Gasteiger partial charge in [-0.05, 0) is 42.0 Å². The van der Waals surface area contributed by atoms with Gasteiger partial charge in [-0.25, -0.2) is 14.7 Å². The third-order valence-electron chi connectivity index (χ3n) is 4.73. The number of aromatic nitrogens is 3. The quantitative estimate of drug-likeness (QED) is 0.710. The van der Waals surface area contributed by atoms with E-state index in [2.05, 4.69) is 25.4 Å². The van der Waals surface area contributed by atoms with Gasteiger partial charge in [0.15, 0.2) is 0 Å². The van der Waals surface area contributed by atoms with E-state index in [-0.39, 0.29) is 23.5 Å². The van der Waals surface area contributed by atoms with Crippen LogP contribution in [0.3, 0.4) is 0 Å². The van der Waals surface area contributed by atoms with Crippen molar-refractivity contribution in [1.29, 1.82) is 0 Å². The van der Waals surface area contributed by atoms with Crippen molar-refractivity contribution >= 4 is 51.9 Å². The minimum atomic E-state index is -0.306. The third-order valence-corrected chi connectivity index (χ3v) is 6.82. The van der Waals surface area contributed by atoms with E-state index in [0.717, 1.165) is 26.8 Å². The molecule has 1 unspecified atom stereocenters. The van der Waals surface area contributed by atoms with Crippen LogP contribution in [0.25, 0.3) is 0 Å². The summed E-state index contributed by atoms with van der Waals surface area (Å²) >= 11 is 2.93. The average molecular weight is 441 g/mol. The molecule has 8 nitrogen and oxygen atoms in total. The van der Waals surface area contributed by atoms with Crippen molar-refractivity contribution in [2.24, 2.45) is 15.9 Å². The molecule has 2 aliphatic rings. The lowest BCUT2D eigenvalue weighted by Crippen LogP contribution is -2.26. The molecule has 0 radical (unpaired) electrons. The van der Waals surface area contributed by atoms with Crippen molar-refractivity contribution < 1.29 is 9.59 Å². The minimum absolute atomic E-state index is 0.110. The molecular weight excluding hydrogens is 420 g/mol. The number of nitrogens with zero attached hydrogens (tertiary/aromatic N) is 5. The predicted octanol–water partition coefficient (Wildman–Crippen LogP) is 2.99. The molecule has 1 N–H and O–H groups in total. The fourth-order valence-corrected chi connectivity index (χ4v) is 4.91. The van der Waals surface area contributed by atoms with Crippen LogP contribution in [0, 0.1) is 5.92 Å². The molecule has 2 amide bonds. The van der Waals surface area contributed by atoms with E-state index in [1.54, 1.807) is 11.0 Å². The molecule has 0 aliphatic carbocycles. The van der Waals surface area contributed by atoms with Gasteiger partial charge in [-0.15, -0.1) is 11.8 Å². The number of hydrogen-bond acceptors (Lipinski definition) is 7. The summed E-state index contributed by atoms with van der Waals surface area (Å²) in [4.78, 5) is 38.2. The molecule has 0 saturated heterocycles. The first-order valence-electron chi connectivity index (χ1n) is 9.34. The molecule has 0 spiro atoms. The molecule has 2 aliphatic heterocycles. The fraction of sp³-hybridized carbons (Fsp3) is 0.300. The lowest BCUT2D eigenvalue weighted by atomic mass is 10.0. The Bertz CT molecular complexity index is 1060. The predicted molar refractivity (Wildman–Crippen MR) is 121 cm³/mol. The Labute approximate surface area is 182 Å². The van der Waals surface area contributed by atoms with E-state index in [4.69, 9.17) is 0 Å². The standard InChI is InChI=1S/C20H20N6O2S2/c1-12-13(2)30-20-18(12)19(28)24-16(25-20)8-29-9-17(27)23-15-5-3-14(4-6-15)7-26-11-21-10-22-26/h3-6,10-11,18H,7-9H2,1-2H3,(H,23,27). The second-order valence-corrected chi connectivity index (χ2v) is 9.14. The Hall–Kier alpha value is -2.72. The average Bonchev–Trinajstić information content (AvgIpc) is 3.31. The number of carbonyl (C=O) groups excluding carboxylic acids is 2. The van der Waals surface area contributed by atoms with Gasteiger partial charge in [-0.2, -0.15) is 10.1 Å². The number of aliphatic imine (C=N–C) groups is 2. The maximum Gasteiger partial charge on any atom is 0.261 e. The number of nitrogens with one attached hydrogen (secondary N) is 1. The van der Waals surface area contributed by atoms with E-state index in [0.29, 0.717) is 18.1 Å². The molecule has 1 aromatic heterocycles. The summed E-state index contributed by atoms with van der Waals surface area (Å²) in [5, 5.41) is 7.75. The SMILES string of the molecule is CC1=C(C)C2C(=O)N=C(CSCC(=O)Nc3ccc(Cn4cncn4)cc3)N=C2S1. The smallest absolute Gasteiger partial charge is 0.261 e. The highest BCUT2D eigenvalue weighted by Crippen LogP contribution is 2.40. The van der Waals surface area contributed by atoms with Crippen molar-refractivity contribution in [3.63, 3.8) is 0 Å². The summed E-state index contributed by atoms with van der Waals surface area (Å²) in [6.45, 7) is 4.57. The zero-order chi connectivity index (χ0) is 21.1. The lowest BCUT2D eigenvalue weighted by Gasteiger charge is -2.14. The molecule has 0 fully saturated rings. The van der Waals surface area contributed by atoms with Crippen LogP contribution >= 0.6 is 23.5 Å². The summed E-state index contributed by atoms with van der Waals surface area (Å²) in [7, 11) is 0. The molecule has 4 rings (SSSR count). The number of fused-ring (bicyclic) bond motifs is 1. The van der Waals surface area contributed by atoms with Crippen molar-refractivity contribution in [1.82, 2.24) is 14.8 Å². The number of hydrogen-bond donors (Lipinski definition) is 1. The molecule has 10 heteroatoms. The Morgan fingerprint density at radius 3 is 2.77 bits per heavy atom. The second-order valence-electron chi connectivity index (χ2n) is 6.92. The number of benzene rings is 1. The van der Waals surface area contributed by atoms with Crippen LogP contribution in [0.4, 0.5) is 5.69 Å². The summed E-state index contributed by atoms with van der Waals surface area (Å²) < 4.78 is 1.73. The van der Waals surface area contributed by atoms with Gasteiger partial charge in [-0.3, -0.25) is 9.59 Å². The zero-order valence-corrected chi connectivity index (χ0v) is 18.2. The largest absolute Gasteiger partial charge is 0.325 e. The zero-order valence-electron chi connectivity index (χ0n) is 16.5. The van der Waals surface area contributed by atoms with Crippen LogP contribution in [0.2, 0.25) is 0 Å². The second kappa shape index (κ2) is 8.97. The summed E-state index contributed by atoms with van der Waals surface area (Å²) in [5.74, 6) is 0.584. The maximum atomic E-state index is 12.3. The number of thioether (sulfide) groups is 2. The normalized spacial score (nSPS) is 18.2. The first-order valence-corrected chi connectivity index (χ1v) is 11.3. The van der Waals surface area contributed by atoms with Gasteiger partial charge in [0, 0.05) is 5.69 Å². The first kappa shape index (κ1) is 20.5. The van der Waals surface area contributed by atoms with Gasteiger partial charge in [-0.1, -0.05) is 23.9 Å². The fourth-order valence-electron chi connectivity index (χ4n) is 3.10. The van der Waals surface area contributed by atoms with Crippen molar-refractivity contribution in [3.8, 4) is 0 Å².